The van der Waals surface area contributed by atoms with Crippen LogP contribution in [0.25, 0.3) is 0 Å². The molecule has 0 aliphatic heterocycles. The molecular formula is C13H17N3O. The molecule has 1 aromatic rings. The molecule has 0 radical (unpaired) electrons. The number of carbonyl (C=O) groups is 1. The molecule has 4 nitrogen and oxygen atoms in total. The van der Waals surface area contributed by atoms with E-state index < -0.39 is 0 Å². The summed E-state index contributed by atoms with van der Waals surface area (Å²) in [7, 11) is 3.47. The highest BCUT2D eigenvalue weighted by Crippen LogP contribution is 2.04. The van der Waals surface area contributed by atoms with Gasteiger partial charge in [0.2, 0.25) is 5.91 Å². The molecule has 1 N–H and O–H groups in total. The molecule has 1 rings (SSSR count). The Kier molecular flexibility index (Phi) is 4.68. The van der Waals surface area contributed by atoms with Gasteiger partial charge in [-0.3, -0.25) is 4.79 Å². The van der Waals surface area contributed by atoms with E-state index in [1.165, 1.54) is 0 Å². The molecule has 0 heterocycles. The van der Waals surface area contributed by atoms with Gasteiger partial charge in [-0.05, 0) is 24.6 Å². The maximum absolute atomic E-state index is 11.6. The minimum atomic E-state index is -0.226. The normalized spacial score (nSPS) is 11.6. The van der Waals surface area contributed by atoms with Crippen molar-refractivity contribution in [2.75, 3.05) is 14.1 Å². The standard InChI is InChI=1S/C13H17N3O/c1-10(13(17)16(2)3)15-9-12-6-4-5-11(7-12)8-14/h4-7,10,15H,9H2,1-3H3. The Morgan fingerprint density at radius 1 is 1.53 bits per heavy atom. The molecule has 0 spiro atoms. The van der Waals surface area contributed by atoms with Crippen molar-refractivity contribution in [1.29, 1.82) is 5.26 Å². The number of carbonyl (C=O) groups excluding carboxylic acids is 1. The van der Waals surface area contributed by atoms with Crippen LogP contribution < -0.4 is 5.32 Å². The lowest BCUT2D eigenvalue weighted by molar-refractivity contribution is -0.130. The van der Waals surface area contributed by atoms with Gasteiger partial charge in [-0.15, -0.1) is 0 Å². The zero-order valence-electron chi connectivity index (χ0n) is 10.4. The van der Waals surface area contributed by atoms with Crippen LogP contribution in [0.15, 0.2) is 24.3 Å². The van der Waals surface area contributed by atoms with E-state index in [-0.39, 0.29) is 11.9 Å². The van der Waals surface area contributed by atoms with Crippen molar-refractivity contribution in [3.05, 3.63) is 35.4 Å². The van der Waals surface area contributed by atoms with Crippen LogP contribution in [-0.4, -0.2) is 30.9 Å². The zero-order valence-corrected chi connectivity index (χ0v) is 10.4. The molecular weight excluding hydrogens is 214 g/mol. The van der Waals surface area contributed by atoms with E-state index in [2.05, 4.69) is 11.4 Å². The quantitative estimate of drug-likeness (QED) is 0.845. The summed E-state index contributed by atoms with van der Waals surface area (Å²) >= 11 is 0. The van der Waals surface area contributed by atoms with E-state index >= 15 is 0 Å². The van der Waals surface area contributed by atoms with E-state index in [1.54, 1.807) is 25.1 Å². The van der Waals surface area contributed by atoms with E-state index in [4.69, 9.17) is 5.26 Å². The third-order valence-electron chi connectivity index (χ3n) is 2.48. The van der Waals surface area contributed by atoms with Gasteiger partial charge < -0.3 is 10.2 Å². The second kappa shape index (κ2) is 6.02. The first-order chi connectivity index (χ1) is 8.04. The average Bonchev–Trinajstić information content (AvgIpc) is 2.35. The number of hydrogen-bond acceptors (Lipinski definition) is 3. The van der Waals surface area contributed by atoms with Crippen LogP contribution in [0.4, 0.5) is 0 Å². The van der Waals surface area contributed by atoms with Crippen LogP contribution in [-0.2, 0) is 11.3 Å². The summed E-state index contributed by atoms with van der Waals surface area (Å²) in [5.74, 6) is 0.0430. The summed E-state index contributed by atoms with van der Waals surface area (Å²) in [6.45, 7) is 2.41. The predicted octanol–water partition coefficient (Wildman–Crippen LogP) is 1.12. The molecule has 0 saturated heterocycles. The van der Waals surface area contributed by atoms with Gasteiger partial charge in [0.25, 0.3) is 0 Å². The summed E-state index contributed by atoms with van der Waals surface area (Å²) in [4.78, 5) is 13.2. The smallest absolute Gasteiger partial charge is 0.238 e. The number of nitrogens with zero attached hydrogens (tertiary/aromatic N) is 2. The number of likely N-dealkylation sites (N-methyl/N-ethyl adjacent to an activating group) is 1. The molecule has 0 saturated carbocycles. The Hall–Kier alpha value is -1.86. The molecule has 1 aromatic carbocycles. The Bertz CT molecular complexity index is 435. The minimum Gasteiger partial charge on any atom is -0.347 e. The summed E-state index contributed by atoms with van der Waals surface area (Å²) in [6.07, 6.45) is 0. The summed E-state index contributed by atoms with van der Waals surface area (Å²) < 4.78 is 0. The zero-order chi connectivity index (χ0) is 12.8. The van der Waals surface area contributed by atoms with Crippen LogP contribution in [0.3, 0.4) is 0 Å². The first-order valence-electron chi connectivity index (χ1n) is 5.48. The number of nitriles is 1. The van der Waals surface area contributed by atoms with Crippen molar-refractivity contribution in [2.24, 2.45) is 0 Å². The highest BCUT2D eigenvalue weighted by Gasteiger charge is 2.13. The summed E-state index contributed by atoms with van der Waals surface area (Å²) in [6, 6.07) is 9.22. The molecule has 0 aliphatic rings. The van der Waals surface area contributed by atoms with Gasteiger partial charge in [0.05, 0.1) is 17.7 Å². The van der Waals surface area contributed by atoms with E-state index in [9.17, 15) is 4.79 Å². The minimum absolute atomic E-state index is 0.0430. The van der Waals surface area contributed by atoms with Gasteiger partial charge in [-0.1, -0.05) is 12.1 Å². The van der Waals surface area contributed by atoms with Crippen LogP contribution in [0, 0.1) is 11.3 Å². The molecule has 0 fully saturated rings. The molecule has 0 bridgehead atoms. The summed E-state index contributed by atoms with van der Waals surface area (Å²) in [5.41, 5.74) is 1.64. The van der Waals surface area contributed by atoms with Crippen molar-refractivity contribution < 1.29 is 4.79 Å². The molecule has 17 heavy (non-hydrogen) atoms. The maximum atomic E-state index is 11.6. The fraction of sp³-hybridized carbons (Fsp3) is 0.385. The van der Waals surface area contributed by atoms with Crippen molar-refractivity contribution in [1.82, 2.24) is 10.2 Å². The lowest BCUT2D eigenvalue weighted by atomic mass is 10.1. The van der Waals surface area contributed by atoms with Gasteiger partial charge >= 0.3 is 0 Å². The van der Waals surface area contributed by atoms with E-state index in [0.717, 1.165) is 5.56 Å². The monoisotopic (exact) mass is 231 g/mol. The number of nitrogens with one attached hydrogen (secondary N) is 1. The predicted molar refractivity (Wildman–Crippen MR) is 66.2 cm³/mol. The lowest BCUT2D eigenvalue weighted by Crippen LogP contribution is -2.41. The van der Waals surface area contributed by atoms with Crippen LogP contribution >= 0.6 is 0 Å². The number of benzene rings is 1. The fourth-order valence-corrected chi connectivity index (χ4v) is 1.50. The Balaban J connectivity index is 2.56. The fourth-order valence-electron chi connectivity index (χ4n) is 1.50. The third-order valence-corrected chi connectivity index (χ3v) is 2.48. The van der Waals surface area contributed by atoms with Crippen molar-refractivity contribution in [3.8, 4) is 6.07 Å². The topological polar surface area (TPSA) is 56.1 Å². The van der Waals surface area contributed by atoms with Crippen LogP contribution in [0.2, 0.25) is 0 Å². The first-order valence-corrected chi connectivity index (χ1v) is 5.48. The highest BCUT2D eigenvalue weighted by molar-refractivity contribution is 5.80. The Morgan fingerprint density at radius 2 is 2.24 bits per heavy atom. The Labute approximate surface area is 102 Å². The second-order valence-electron chi connectivity index (χ2n) is 4.15. The van der Waals surface area contributed by atoms with Gasteiger partial charge in [0.15, 0.2) is 0 Å². The van der Waals surface area contributed by atoms with Gasteiger partial charge in [0.1, 0.15) is 0 Å². The molecule has 1 amide bonds. The van der Waals surface area contributed by atoms with Crippen molar-refractivity contribution >= 4 is 5.91 Å². The van der Waals surface area contributed by atoms with Gasteiger partial charge in [0, 0.05) is 20.6 Å². The molecule has 0 aromatic heterocycles. The molecule has 0 aliphatic carbocycles. The average molecular weight is 231 g/mol. The lowest BCUT2D eigenvalue weighted by Gasteiger charge is -2.18. The molecule has 90 valence electrons. The van der Waals surface area contributed by atoms with Crippen LogP contribution in [0.5, 0.6) is 0 Å². The van der Waals surface area contributed by atoms with Crippen molar-refractivity contribution in [2.45, 2.75) is 19.5 Å². The number of hydrogen-bond donors (Lipinski definition) is 1. The molecule has 1 atom stereocenters. The molecule has 1 unspecified atom stereocenters. The van der Waals surface area contributed by atoms with Crippen molar-refractivity contribution in [3.63, 3.8) is 0 Å². The SMILES string of the molecule is CC(NCc1cccc(C#N)c1)C(=O)N(C)C. The van der Waals surface area contributed by atoms with Gasteiger partial charge in [-0.2, -0.15) is 5.26 Å². The second-order valence-corrected chi connectivity index (χ2v) is 4.15. The van der Waals surface area contributed by atoms with E-state index in [1.807, 2.05) is 25.1 Å². The third kappa shape index (κ3) is 3.89. The first kappa shape index (κ1) is 13.2. The Morgan fingerprint density at radius 3 is 2.82 bits per heavy atom. The maximum Gasteiger partial charge on any atom is 0.238 e. The van der Waals surface area contributed by atoms with Crippen LogP contribution in [0.1, 0.15) is 18.1 Å². The number of amides is 1. The highest BCUT2D eigenvalue weighted by atomic mass is 16.2. The number of rotatable bonds is 4. The van der Waals surface area contributed by atoms with E-state index in [0.29, 0.717) is 12.1 Å². The van der Waals surface area contributed by atoms with Gasteiger partial charge in [-0.25, -0.2) is 0 Å². The molecule has 4 heteroatoms. The summed E-state index contributed by atoms with van der Waals surface area (Å²) in [5, 5.41) is 11.9. The largest absolute Gasteiger partial charge is 0.347 e.